The van der Waals surface area contributed by atoms with E-state index < -0.39 is 0 Å². The zero-order chi connectivity index (χ0) is 11.4. The van der Waals surface area contributed by atoms with Crippen molar-refractivity contribution < 1.29 is 14.0 Å². The molecule has 1 saturated carbocycles. The van der Waals surface area contributed by atoms with Crippen molar-refractivity contribution in [3.63, 3.8) is 0 Å². The Morgan fingerprint density at radius 2 is 2.25 bits per heavy atom. The van der Waals surface area contributed by atoms with Crippen molar-refractivity contribution in [2.24, 2.45) is 5.92 Å². The summed E-state index contributed by atoms with van der Waals surface area (Å²) in [7, 11) is 1.53. The number of hydroxylamine groups is 1. The molecule has 4 heteroatoms. The highest BCUT2D eigenvalue weighted by Crippen LogP contribution is 2.30. The maximum Gasteiger partial charge on any atom is 0.165 e. The summed E-state index contributed by atoms with van der Waals surface area (Å²) in [5.41, 5.74) is 3.50. The van der Waals surface area contributed by atoms with Crippen LogP contribution < -0.4 is 10.2 Å². The maximum absolute atomic E-state index is 13.6. The molecule has 2 rings (SSSR count). The second-order valence-electron chi connectivity index (χ2n) is 4.04. The standard InChI is InChI=1S/C12H16FNO2/c1-15-14-7-10-4-5-12(11(13)6-10)16-8-9-2-3-9/h4-6,9,14H,2-3,7-8H2,1H3. The summed E-state index contributed by atoms with van der Waals surface area (Å²) in [6.45, 7) is 1.11. The van der Waals surface area contributed by atoms with E-state index in [1.54, 1.807) is 6.07 Å². The second-order valence-corrected chi connectivity index (χ2v) is 4.04. The molecule has 0 bridgehead atoms. The van der Waals surface area contributed by atoms with Gasteiger partial charge in [-0.1, -0.05) is 6.07 Å². The molecule has 1 fully saturated rings. The molecule has 0 atom stereocenters. The molecule has 1 aromatic rings. The summed E-state index contributed by atoms with van der Waals surface area (Å²) in [5, 5.41) is 0. The minimum atomic E-state index is -0.309. The quantitative estimate of drug-likeness (QED) is 0.753. The van der Waals surface area contributed by atoms with Gasteiger partial charge in [0, 0.05) is 6.54 Å². The lowest BCUT2D eigenvalue weighted by Gasteiger charge is -2.08. The zero-order valence-electron chi connectivity index (χ0n) is 9.33. The van der Waals surface area contributed by atoms with Crippen LogP contribution in [0, 0.1) is 11.7 Å². The molecular weight excluding hydrogens is 209 g/mol. The van der Waals surface area contributed by atoms with E-state index >= 15 is 0 Å². The van der Waals surface area contributed by atoms with E-state index in [0.29, 0.717) is 24.8 Å². The van der Waals surface area contributed by atoms with Crippen molar-refractivity contribution >= 4 is 0 Å². The minimum absolute atomic E-state index is 0.309. The smallest absolute Gasteiger partial charge is 0.165 e. The van der Waals surface area contributed by atoms with E-state index in [4.69, 9.17) is 9.57 Å². The highest BCUT2D eigenvalue weighted by Gasteiger charge is 2.22. The van der Waals surface area contributed by atoms with Gasteiger partial charge in [-0.25, -0.2) is 4.39 Å². The largest absolute Gasteiger partial charge is 0.490 e. The summed E-state index contributed by atoms with van der Waals surface area (Å²) in [5.74, 6) is 0.665. The number of hydrogen-bond acceptors (Lipinski definition) is 3. The first-order valence-electron chi connectivity index (χ1n) is 5.46. The van der Waals surface area contributed by atoms with Crippen LogP contribution in [0.15, 0.2) is 18.2 Å². The Balaban J connectivity index is 1.92. The number of nitrogens with one attached hydrogen (secondary N) is 1. The van der Waals surface area contributed by atoms with E-state index in [1.807, 2.05) is 6.07 Å². The first-order valence-corrected chi connectivity index (χ1v) is 5.46. The average Bonchev–Trinajstić information content (AvgIpc) is 3.09. The van der Waals surface area contributed by atoms with Crippen LogP contribution in [-0.2, 0) is 11.4 Å². The summed E-state index contributed by atoms with van der Waals surface area (Å²) in [4.78, 5) is 4.70. The van der Waals surface area contributed by atoms with Crippen molar-refractivity contribution in [2.75, 3.05) is 13.7 Å². The normalized spacial score (nSPS) is 15.1. The van der Waals surface area contributed by atoms with E-state index in [1.165, 1.54) is 26.0 Å². The fourth-order valence-electron chi connectivity index (χ4n) is 1.42. The molecule has 1 N–H and O–H groups in total. The summed E-state index contributed by atoms with van der Waals surface area (Å²) in [6.07, 6.45) is 2.41. The van der Waals surface area contributed by atoms with E-state index in [0.717, 1.165) is 5.56 Å². The molecule has 0 aromatic heterocycles. The summed E-state index contributed by atoms with van der Waals surface area (Å²) in [6, 6.07) is 4.97. The Morgan fingerprint density at radius 1 is 1.44 bits per heavy atom. The highest BCUT2D eigenvalue weighted by molar-refractivity contribution is 5.29. The first kappa shape index (κ1) is 11.4. The number of benzene rings is 1. The third-order valence-electron chi connectivity index (χ3n) is 2.59. The molecule has 0 saturated heterocycles. The number of halogens is 1. The highest BCUT2D eigenvalue weighted by atomic mass is 19.1. The Labute approximate surface area is 94.5 Å². The summed E-state index contributed by atoms with van der Waals surface area (Å²) >= 11 is 0. The molecule has 0 aliphatic heterocycles. The number of ether oxygens (including phenoxy) is 1. The van der Waals surface area contributed by atoms with Crippen LogP contribution in [0.5, 0.6) is 5.75 Å². The molecule has 88 valence electrons. The Morgan fingerprint density at radius 3 is 2.88 bits per heavy atom. The Hall–Kier alpha value is -1.13. The van der Waals surface area contributed by atoms with Crippen LogP contribution in [-0.4, -0.2) is 13.7 Å². The Bertz CT molecular complexity index is 353. The van der Waals surface area contributed by atoms with Crippen LogP contribution in [0.1, 0.15) is 18.4 Å². The van der Waals surface area contributed by atoms with Gasteiger partial charge in [-0.2, -0.15) is 5.48 Å². The molecular formula is C12H16FNO2. The van der Waals surface area contributed by atoms with Gasteiger partial charge in [0.25, 0.3) is 0 Å². The molecule has 3 nitrogen and oxygen atoms in total. The van der Waals surface area contributed by atoms with E-state index in [9.17, 15) is 4.39 Å². The van der Waals surface area contributed by atoms with Crippen molar-refractivity contribution in [1.82, 2.24) is 5.48 Å². The average molecular weight is 225 g/mol. The maximum atomic E-state index is 13.6. The first-order chi connectivity index (χ1) is 7.79. The van der Waals surface area contributed by atoms with Gasteiger partial charge in [-0.05, 0) is 36.5 Å². The summed E-state index contributed by atoms with van der Waals surface area (Å²) < 4.78 is 18.9. The third-order valence-corrected chi connectivity index (χ3v) is 2.59. The molecule has 0 spiro atoms. The van der Waals surface area contributed by atoms with Gasteiger partial charge in [0.05, 0.1) is 13.7 Å². The SMILES string of the molecule is CONCc1ccc(OCC2CC2)c(F)c1. The van der Waals surface area contributed by atoms with Gasteiger partial charge in [0.1, 0.15) is 0 Å². The third kappa shape index (κ3) is 3.18. The van der Waals surface area contributed by atoms with Crippen LogP contribution in [0.4, 0.5) is 4.39 Å². The molecule has 0 radical (unpaired) electrons. The number of hydrogen-bond donors (Lipinski definition) is 1. The van der Waals surface area contributed by atoms with Gasteiger partial charge >= 0.3 is 0 Å². The van der Waals surface area contributed by atoms with Gasteiger partial charge in [0.15, 0.2) is 11.6 Å². The lowest BCUT2D eigenvalue weighted by atomic mass is 10.2. The molecule has 1 aliphatic carbocycles. The molecule has 0 heterocycles. The number of rotatable bonds is 6. The Kier molecular flexibility index (Phi) is 3.74. The van der Waals surface area contributed by atoms with Crippen molar-refractivity contribution in [2.45, 2.75) is 19.4 Å². The lowest BCUT2D eigenvalue weighted by molar-refractivity contribution is 0.0866. The topological polar surface area (TPSA) is 30.5 Å². The molecule has 0 amide bonds. The van der Waals surface area contributed by atoms with Gasteiger partial charge in [-0.3, -0.25) is 0 Å². The van der Waals surface area contributed by atoms with E-state index in [2.05, 4.69) is 5.48 Å². The van der Waals surface area contributed by atoms with E-state index in [-0.39, 0.29) is 5.82 Å². The fourth-order valence-corrected chi connectivity index (χ4v) is 1.42. The van der Waals surface area contributed by atoms with Crippen LogP contribution in [0.25, 0.3) is 0 Å². The van der Waals surface area contributed by atoms with Gasteiger partial charge < -0.3 is 9.57 Å². The van der Waals surface area contributed by atoms with Crippen LogP contribution >= 0.6 is 0 Å². The van der Waals surface area contributed by atoms with Gasteiger partial charge in [-0.15, -0.1) is 0 Å². The van der Waals surface area contributed by atoms with Crippen molar-refractivity contribution in [3.05, 3.63) is 29.6 Å². The predicted molar refractivity (Wildman–Crippen MR) is 58.5 cm³/mol. The monoisotopic (exact) mass is 225 g/mol. The van der Waals surface area contributed by atoms with Crippen molar-refractivity contribution in [3.8, 4) is 5.75 Å². The fraction of sp³-hybridized carbons (Fsp3) is 0.500. The minimum Gasteiger partial charge on any atom is -0.490 e. The lowest BCUT2D eigenvalue weighted by Crippen LogP contribution is -2.11. The van der Waals surface area contributed by atoms with Crippen LogP contribution in [0.2, 0.25) is 0 Å². The van der Waals surface area contributed by atoms with Crippen molar-refractivity contribution in [1.29, 1.82) is 0 Å². The van der Waals surface area contributed by atoms with Crippen LogP contribution in [0.3, 0.4) is 0 Å². The zero-order valence-corrected chi connectivity index (χ0v) is 9.33. The second kappa shape index (κ2) is 5.27. The molecule has 16 heavy (non-hydrogen) atoms. The molecule has 1 aliphatic rings. The molecule has 0 unspecified atom stereocenters. The van der Waals surface area contributed by atoms with Gasteiger partial charge in [0.2, 0.25) is 0 Å². The molecule has 1 aromatic carbocycles. The predicted octanol–water partition coefficient (Wildman–Crippen LogP) is 2.27.